The maximum absolute atomic E-state index is 12.8. The van der Waals surface area contributed by atoms with E-state index in [4.69, 9.17) is 16.3 Å². The number of hydrogen-bond acceptors (Lipinski definition) is 5. The van der Waals surface area contributed by atoms with Gasteiger partial charge in [-0.3, -0.25) is 4.79 Å². The number of amides is 1. The van der Waals surface area contributed by atoms with Gasteiger partial charge in [-0.2, -0.15) is 0 Å². The van der Waals surface area contributed by atoms with E-state index < -0.39 is 15.7 Å². The van der Waals surface area contributed by atoms with E-state index in [0.717, 1.165) is 17.4 Å². The second-order valence-corrected chi connectivity index (χ2v) is 8.95. The number of nitrogens with zero attached hydrogens (tertiary/aromatic N) is 1. The number of carbonyl (C=O) groups is 1. The molecule has 0 saturated carbocycles. The molecular weight excluding hydrogens is 412 g/mol. The second-order valence-electron chi connectivity index (χ2n) is 6.52. The number of rotatable bonds is 5. The van der Waals surface area contributed by atoms with Crippen LogP contribution in [0.15, 0.2) is 59.6 Å². The highest BCUT2D eigenvalue weighted by atomic mass is 35.5. The van der Waals surface area contributed by atoms with Crippen LogP contribution < -0.4 is 10.1 Å². The standard InChI is InChI=1S/C21H19ClN2O4S/c1-13-6-4-8-19(14(13)2)28-21-18(7-5-11-23-21)24-20(25)16-12-15(29(3,26)27)9-10-17(16)22/h4-12H,1-3H3,(H,24,25). The monoisotopic (exact) mass is 430 g/mol. The molecule has 0 radical (unpaired) electrons. The highest BCUT2D eigenvalue weighted by molar-refractivity contribution is 7.90. The third-order valence-electron chi connectivity index (χ3n) is 4.39. The number of aromatic nitrogens is 1. The number of pyridine rings is 1. The van der Waals surface area contributed by atoms with Crippen molar-refractivity contribution in [1.29, 1.82) is 0 Å². The van der Waals surface area contributed by atoms with Gasteiger partial charge < -0.3 is 10.1 Å². The van der Waals surface area contributed by atoms with Gasteiger partial charge in [0.25, 0.3) is 5.91 Å². The molecule has 2 aromatic carbocycles. The van der Waals surface area contributed by atoms with Crippen LogP contribution in [-0.4, -0.2) is 25.6 Å². The average Bonchev–Trinajstić information content (AvgIpc) is 2.66. The molecule has 0 aliphatic carbocycles. The van der Waals surface area contributed by atoms with Crippen LogP contribution in [-0.2, 0) is 9.84 Å². The van der Waals surface area contributed by atoms with Crippen molar-refractivity contribution in [2.45, 2.75) is 18.7 Å². The molecule has 0 unspecified atom stereocenters. The lowest BCUT2D eigenvalue weighted by Crippen LogP contribution is -2.14. The molecule has 150 valence electrons. The van der Waals surface area contributed by atoms with Gasteiger partial charge in [0.15, 0.2) is 9.84 Å². The van der Waals surface area contributed by atoms with Crippen molar-refractivity contribution in [2.75, 3.05) is 11.6 Å². The molecule has 29 heavy (non-hydrogen) atoms. The number of anilines is 1. The summed E-state index contributed by atoms with van der Waals surface area (Å²) in [6, 6.07) is 12.9. The topological polar surface area (TPSA) is 85.4 Å². The summed E-state index contributed by atoms with van der Waals surface area (Å²) in [5, 5.41) is 2.83. The summed E-state index contributed by atoms with van der Waals surface area (Å²) in [7, 11) is -3.48. The Morgan fingerprint density at radius 1 is 1.10 bits per heavy atom. The fraction of sp³-hybridized carbons (Fsp3) is 0.143. The quantitative estimate of drug-likeness (QED) is 0.628. The van der Waals surface area contributed by atoms with Crippen LogP contribution in [0.25, 0.3) is 0 Å². The first-order valence-corrected chi connectivity index (χ1v) is 10.9. The van der Waals surface area contributed by atoms with E-state index in [0.29, 0.717) is 11.4 Å². The lowest BCUT2D eigenvalue weighted by Gasteiger charge is -2.14. The Labute approximate surface area is 174 Å². The second kappa shape index (κ2) is 8.23. The third kappa shape index (κ3) is 4.75. The molecule has 8 heteroatoms. The molecule has 1 heterocycles. The van der Waals surface area contributed by atoms with Crippen LogP contribution in [0, 0.1) is 13.8 Å². The normalized spacial score (nSPS) is 11.2. The van der Waals surface area contributed by atoms with Gasteiger partial charge in [-0.15, -0.1) is 0 Å². The first-order valence-electron chi connectivity index (χ1n) is 8.67. The van der Waals surface area contributed by atoms with Crippen LogP contribution in [0.1, 0.15) is 21.5 Å². The number of nitrogens with one attached hydrogen (secondary N) is 1. The van der Waals surface area contributed by atoms with Crippen LogP contribution in [0.5, 0.6) is 11.6 Å². The summed E-state index contributed by atoms with van der Waals surface area (Å²) in [6.45, 7) is 3.91. The number of benzene rings is 2. The molecule has 0 fully saturated rings. The molecule has 1 amide bonds. The maximum atomic E-state index is 12.8. The van der Waals surface area contributed by atoms with Crippen molar-refractivity contribution < 1.29 is 17.9 Å². The Morgan fingerprint density at radius 3 is 2.59 bits per heavy atom. The van der Waals surface area contributed by atoms with E-state index in [1.165, 1.54) is 18.2 Å². The van der Waals surface area contributed by atoms with Gasteiger partial charge in [0.2, 0.25) is 5.88 Å². The van der Waals surface area contributed by atoms with E-state index in [1.807, 2.05) is 32.0 Å². The first kappa shape index (κ1) is 20.8. The molecular formula is C21H19ClN2O4S. The van der Waals surface area contributed by atoms with E-state index in [-0.39, 0.29) is 21.4 Å². The lowest BCUT2D eigenvalue weighted by molar-refractivity contribution is 0.102. The molecule has 1 N–H and O–H groups in total. The predicted molar refractivity (Wildman–Crippen MR) is 113 cm³/mol. The minimum atomic E-state index is -3.48. The molecule has 0 aliphatic rings. The van der Waals surface area contributed by atoms with E-state index in [2.05, 4.69) is 10.3 Å². The SMILES string of the molecule is Cc1cccc(Oc2ncccc2NC(=O)c2cc(S(C)(=O)=O)ccc2Cl)c1C. The number of aryl methyl sites for hydroxylation is 1. The number of ether oxygens (including phenoxy) is 1. The molecule has 0 saturated heterocycles. The van der Waals surface area contributed by atoms with Gasteiger partial charge in [0.1, 0.15) is 11.4 Å². The predicted octanol–water partition coefficient (Wildman–Crippen LogP) is 4.80. The van der Waals surface area contributed by atoms with Crippen molar-refractivity contribution >= 4 is 33.0 Å². The average molecular weight is 431 g/mol. The van der Waals surface area contributed by atoms with Crippen LogP contribution in [0.2, 0.25) is 5.02 Å². The highest BCUT2D eigenvalue weighted by Crippen LogP contribution is 2.31. The van der Waals surface area contributed by atoms with Gasteiger partial charge in [-0.25, -0.2) is 13.4 Å². The van der Waals surface area contributed by atoms with E-state index >= 15 is 0 Å². The van der Waals surface area contributed by atoms with Crippen LogP contribution >= 0.6 is 11.6 Å². The maximum Gasteiger partial charge on any atom is 0.257 e. The first-order chi connectivity index (χ1) is 13.7. The minimum Gasteiger partial charge on any atom is -0.437 e. The molecule has 0 bridgehead atoms. The van der Waals surface area contributed by atoms with Gasteiger partial charge in [-0.1, -0.05) is 23.7 Å². The Morgan fingerprint density at radius 2 is 1.86 bits per heavy atom. The van der Waals surface area contributed by atoms with E-state index in [9.17, 15) is 13.2 Å². The Kier molecular flexibility index (Phi) is 5.91. The smallest absolute Gasteiger partial charge is 0.257 e. The summed E-state index contributed by atoms with van der Waals surface area (Å²) in [6.07, 6.45) is 2.61. The van der Waals surface area contributed by atoms with Crippen LogP contribution in [0.3, 0.4) is 0 Å². The molecule has 1 aromatic heterocycles. The molecule has 6 nitrogen and oxygen atoms in total. The summed E-state index contributed by atoms with van der Waals surface area (Å²) < 4.78 is 29.5. The zero-order valence-corrected chi connectivity index (χ0v) is 17.6. The molecule has 3 aromatic rings. The summed E-state index contributed by atoms with van der Waals surface area (Å²) in [5.41, 5.74) is 2.39. The van der Waals surface area contributed by atoms with Crippen LogP contribution in [0.4, 0.5) is 5.69 Å². The number of sulfone groups is 1. The van der Waals surface area contributed by atoms with Crippen molar-refractivity contribution in [3.05, 3.63) is 76.4 Å². The lowest BCUT2D eigenvalue weighted by atomic mass is 10.1. The zero-order valence-electron chi connectivity index (χ0n) is 16.1. The minimum absolute atomic E-state index is 0.00472. The van der Waals surface area contributed by atoms with Crippen molar-refractivity contribution in [3.8, 4) is 11.6 Å². The number of hydrogen-bond donors (Lipinski definition) is 1. The Hall–Kier alpha value is -2.90. The van der Waals surface area contributed by atoms with Gasteiger partial charge in [0, 0.05) is 12.5 Å². The Bertz CT molecular complexity index is 1190. The summed E-state index contributed by atoms with van der Waals surface area (Å²) >= 11 is 6.11. The fourth-order valence-electron chi connectivity index (χ4n) is 2.60. The third-order valence-corrected chi connectivity index (χ3v) is 5.83. The van der Waals surface area contributed by atoms with Gasteiger partial charge in [0.05, 0.1) is 15.5 Å². The molecule has 0 aliphatic heterocycles. The molecule has 0 atom stereocenters. The largest absolute Gasteiger partial charge is 0.437 e. The Balaban J connectivity index is 1.92. The molecule has 0 spiro atoms. The molecule has 3 rings (SSSR count). The zero-order chi connectivity index (χ0) is 21.2. The number of carbonyl (C=O) groups excluding carboxylic acids is 1. The van der Waals surface area contributed by atoms with Gasteiger partial charge >= 0.3 is 0 Å². The van der Waals surface area contributed by atoms with E-state index in [1.54, 1.807) is 18.3 Å². The van der Waals surface area contributed by atoms with Crippen molar-refractivity contribution in [3.63, 3.8) is 0 Å². The van der Waals surface area contributed by atoms with Crippen molar-refractivity contribution in [2.24, 2.45) is 0 Å². The highest BCUT2D eigenvalue weighted by Gasteiger charge is 2.18. The van der Waals surface area contributed by atoms with Crippen molar-refractivity contribution in [1.82, 2.24) is 4.98 Å². The number of halogens is 1. The summed E-state index contributed by atoms with van der Waals surface area (Å²) in [5.74, 6) is 0.264. The summed E-state index contributed by atoms with van der Waals surface area (Å²) in [4.78, 5) is 17.0. The van der Waals surface area contributed by atoms with Gasteiger partial charge in [-0.05, 0) is 61.4 Å². The fourth-order valence-corrected chi connectivity index (χ4v) is 3.46.